The van der Waals surface area contributed by atoms with Crippen LogP contribution in [0.2, 0.25) is 0 Å². The fourth-order valence-corrected chi connectivity index (χ4v) is 3.54. The van der Waals surface area contributed by atoms with E-state index in [9.17, 15) is 0 Å². The van der Waals surface area contributed by atoms with E-state index in [1.165, 1.54) is 31.3 Å². The van der Waals surface area contributed by atoms with Gasteiger partial charge in [-0.3, -0.25) is 0 Å². The van der Waals surface area contributed by atoms with Crippen LogP contribution in [0.4, 0.5) is 0 Å². The SMILES string of the molecule is Cc1cccc2sc3ccc(C(C)C)cc3c12. The van der Waals surface area contributed by atoms with Crippen molar-refractivity contribution in [2.24, 2.45) is 0 Å². The number of fused-ring (bicyclic) bond motifs is 3. The Balaban J connectivity index is 2.44. The molecule has 1 aromatic heterocycles. The Morgan fingerprint density at radius 3 is 2.59 bits per heavy atom. The van der Waals surface area contributed by atoms with E-state index in [1.54, 1.807) is 0 Å². The van der Waals surface area contributed by atoms with Crippen LogP contribution in [0, 0.1) is 6.92 Å². The largest absolute Gasteiger partial charge is 0.135 e. The van der Waals surface area contributed by atoms with Gasteiger partial charge < -0.3 is 0 Å². The summed E-state index contributed by atoms with van der Waals surface area (Å²) in [5.41, 5.74) is 2.81. The molecule has 1 heterocycles. The van der Waals surface area contributed by atoms with E-state index in [2.05, 4.69) is 57.2 Å². The van der Waals surface area contributed by atoms with Crippen LogP contribution in [0.5, 0.6) is 0 Å². The molecule has 0 saturated heterocycles. The average molecular weight is 240 g/mol. The van der Waals surface area contributed by atoms with Crippen LogP contribution in [-0.4, -0.2) is 0 Å². The maximum Gasteiger partial charge on any atom is 0.0358 e. The lowest BCUT2D eigenvalue weighted by molar-refractivity contribution is 0.869. The van der Waals surface area contributed by atoms with Crippen LogP contribution < -0.4 is 0 Å². The van der Waals surface area contributed by atoms with E-state index in [4.69, 9.17) is 0 Å². The van der Waals surface area contributed by atoms with Crippen molar-refractivity contribution in [3.63, 3.8) is 0 Å². The maximum atomic E-state index is 2.37. The topological polar surface area (TPSA) is 0 Å². The molecule has 0 fully saturated rings. The molecule has 0 aliphatic carbocycles. The predicted octanol–water partition coefficient (Wildman–Crippen LogP) is 5.49. The molecule has 86 valence electrons. The fraction of sp³-hybridized carbons (Fsp3) is 0.250. The van der Waals surface area contributed by atoms with Crippen molar-refractivity contribution in [1.29, 1.82) is 0 Å². The smallest absolute Gasteiger partial charge is 0.0358 e. The van der Waals surface area contributed by atoms with Crippen LogP contribution in [-0.2, 0) is 0 Å². The molecule has 3 rings (SSSR count). The van der Waals surface area contributed by atoms with Crippen LogP contribution in [0.25, 0.3) is 20.2 Å². The number of aryl methyl sites for hydroxylation is 1. The molecular weight excluding hydrogens is 224 g/mol. The van der Waals surface area contributed by atoms with E-state index < -0.39 is 0 Å². The summed E-state index contributed by atoms with van der Waals surface area (Å²) in [6, 6.07) is 13.5. The zero-order valence-corrected chi connectivity index (χ0v) is 11.3. The van der Waals surface area contributed by atoms with Gasteiger partial charge in [0, 0.05) is 20.2 Å². The normalized spacial score (nSPS) is 11.8. The van der Waals surface area contributed by atoms with Gasteiger partial charge in [0.1, 0.15) is 0 Å². The molecular formula is C16H16S. The maximum absolute atomic E-state index is 2.37. The molecule has 0 spiro atoms. The first-order valence-electron chi connectivity index (χ1n) is 6.08. The third kappa shape index (κ3) is 1.66. The van der Waals surface area contributed by atoms with Crippen LogP contribution in [0.3, 0.4) is 0 Å². The van der Waals surface area contributed by atoms with E-state index >= 15 is 0 Å². The van der Waals surface area contributed by atoms with Crippen molar-refractivity contribution < 1.29 is 0 Å². The minimum atomic E-state index is 0.596. The van der Waals surface area contributed by atoms with Crippen molar-refractivity contribution in [3.05, 3.63) is 47.5 Å². The van der Waals surface area contributed by atoms with Crippen molar-refractivity contribution in [2.45, 2.75) is 26.7 Å². The molecule has 17 heavy (non-hydrogen) atoms. The molecule has 0 aliphatic heterocycles. The highest BCUT2D eigenvalue weighted by molar-refractivity contribution is 7.25. The summed E-state index contributed by atoms with van der Waals surface area (Å²) in [5.74, 6) is 0.596. The monoisotopic (exact) mass is 240 g/mol. The summed E-state index contributed by atoms with van der Waals surface area (Å²) in [6.45, 7) is 6.71. The van der Waals surface area contributed by atoms with Crippen molar-refractivity contribution in [1.82, 2.24) is 0 Å². The van der Waals surface area contributed by atoms with E-state index in [1.807, 2.05) is 11.3 Å². The highest BCUT2D eigenvalue weighted by Gasteiger charge is 2.08. The van der Waals surface area contributed by atoms with Gasteiger partial charge in [-0.25, -0.2) is 0 Å². The molecule has 0 nitrogen and oxygen atoms in total. The Bertz CT molecular complexity index is 689. The molecule has 0 radical (unpaired) electrons. The summed E-state index contributed by atoms with van der Waals surface area (Å²) in [6.07, 6.45) is 0. The molecule has 1 heteroatoms. The van der Waals surface area contributed by atoms with Gasteiger partial charge in [0.05, 0.1) is 0 Å². The minimum absolute atomic E-state index is 0.596. The Morgan fingerprint density at radius 1 is 1.00 bits per heavy atom. The first-order valence-corrected chi connectivity index (χ1v) is 6.90. The van der Waals surface area contributed by atoms with Crippen molar-refractivity contribution >= 4 is 31.5 Å². The van der Waals surface area contributed by atoms with Gasteiger partial charge in [0.15, 0.2) is 0 Å². The third-order valence-corrected chi connectivity index (χ3v) is 4.53. The standard InChI is InChI=1S/C16H16S/c1-10(2)12-7-8-14-13(9-12)16-11(3)5-4-6-15(16)17-14/h4-10H,1-3H3. The second-order valence-corrected chi connectivity index (χ2v) is 6.04. The van der Waals surface area contributed by atoms with Gasteiger partial charge >= 0.3 is 0 Å². The molecule has 0 bridgehead atoms. The highest BCUT2D eigenvalue weighted by Crippen LogP contribution is 2.36. The second-order valence-electron chi connectivity index (χ2n) is 4.96. The summed E-state index contributed by atoms with van der Waals surface area (Å²) in [7, 11) is 0. The Morgan fingerprint density at radius 2 is 1.82 bits per heavy atom. The summed E-state index contributed by atoms with van der Waals surface area (Å²) in [4.78, 5) is 0. The first kappa shape index (κ1) is 10.8. The Labute approximate surface area is 106 Å². The number of benzene rings is 2. The Kier molecular flexibility index (Phi) is 2.44. The molecule has 0 amide bonds. The molecule has 3 aromatic rings. The van der Waals surface area contributed by atoms with Gasteiger partial charge in [-0.05, 0) is 42.2 Å². The van der Waals surface area contributed by atoms with Gasteiger partial charge in [-0.1, -0.05) is 32.0 Å². The summed E-state index contributed by atoms with van der Waals surface area (Å²) in [5, 5.41) is 2.87. The lowest BCUT2D eigenvalue weighted by Gasteiger charge is -2.05. The van der Waals surface area contributed by atoms with Crippen LogP contribution >= 0.6 is 11.3 Å². The molecule has 0 aliphatic rings. The zero-order valence-electron chi connectivity index (χ0n) is 10.4. The molecule has 2 aromatic carbocycles. The first-order chi connectivity index (χ1) is 8.16. The van der Waals surface area contributed by atoms with Crippen LogP contribution in [0.1, 0.15) is 30.9 Å². The number of thiophene rings is 1. The fourth-order valence-electron chi connectivity index (χ4n) is 2.38. The van der Waals surface area contributed by atoms with Gasteiger partial charge in [0.25, 0.3) is 0 Å². The molecule has 0 atom stereocenters. The lowest BCUT2D eigenvalue weighted by atomic mass is 10.00. The average Bonchev–Trinajstić information content (AvgIpc) is 2.67. The Hall–Kier alpha value is -1.34. The van der Waals surface area contributed by atoms with E-state index in [0.29, 0.717) is 5.92 Å². The second kappa shape index (κ2) is 3.85. The quantitative estimate of drug-likeness (QED) is 0.528. The number of hydrogen-bond acceptors (Lipinski definition) is 1. The molecule has 0 saturated carbocycles. The van der Waals surface area contributed by atoms with Gasteiger partial charge in [0.2, 0.25) is 0 Å². The highest BCUT2D eigenvalue weighted by atomic mass is 32.1. The minimum Gasteiger partial charge on any atom is -0.135 e. The van der Waals surface area contributed by atoms with Crippen LogP contribution in [0.15, 0.2) is 36.4 Å². The third-order valence-electron chi connectivity index (χ3n) is 3.39. The van der Waals surface area contributed by atoms with Gasteiger partial charge in [-0.15, -0.1) is 11.3 Å². The van der Waals surface area contributed by atoms with Gasteiger partial charge in [-0.2, -0.15) is 0 Å². The molecule has 0 unspecified atom stereocenters. The molecule has 0 N–H and O–H groups in total. The summed E-state index contributed by atoms with van der Waals surface area (Å²) < 4.78 is 2.81. The van der Waals surface area contributed by atoms with Crippen molar-refractivity contribution in [2.75, 3.05) is 0 Å². The predicted molar refractivity (Wildman–Crippen MR) is 78.2 cm³/mol. The number of hydrogen-bond donors (Lipinski definition) is 0. The van der Waals surface area contributed by atoms with Crippen molar-refractivity contribution in [3.8, 4) is 0 Å². The summed E-state index contributed by atoms with van der Waals surface area (Å²) >= 11 is 1.90. The van der Waals surface area contributed by atoms with E-state index in [-0.39, 0.29) is 0 Å². The van der Waals surface area contributed by atoms with E-state index in [0.717, 1.165) is 0 Å². The lowest BCUT2D eigenvalue weighted by Crippen LogP contribution is -1.85. The zero-order chi connectivity index (χ0) is 12.0. The number of rotatable bonds is 1.